The van der Waals surface area contributed by atoms with Gasteiger partial charge in [-0.05, 0) is 55.2 Å². The van der Waals surface area contributed by atoms with E-state index in [1.807, 2.05) is 0 Å². The normalized spacial score (nSPS) is 18.3. The number of anilines is 1. The molecule has 1 saturated carbocycles. The fourth-order valence-corrected chi connectivity index (χ4v) is 8.05. The summed E-state index contributed by atoms with van der Waals surface area (Å²) in [6.07, 6.45) is 1.20. The summed E-state index contributed by atoms with van der Waals surface area (Å²) in [6, 6.07) is 6.52. The molecule has 19 heteroatoms. The van der Waals surface area contributed by atoms with Crippen molar-refractivity contribution in [1.82, 2.24) is 34.8 Å². The maximum Gasteiger partial charge on any atom is 0.293 e. The van der Waals surface area contributed by atoms with Crippen LogP contribution in [0.5, 0.6) is 0 Å². The molecular formula is C33H30F6N8O3S2. The molecule has 0 spiro atoms. The van der Waals surface area contributed by atoms with Crippen LogP contribution in [0.25, 0.3) is 22.2 Å². The van der Waals surface area contributed by atoms with Crippen LogP contribution in [0.1, 0.15) is 59.4 Å². The second-order valence-electron chi connectivity index (χ2n) is 12.8. The van der Waals surface area contributed by atoms with Crippen LogP contribution in [0.4, 0.5) is 32.2 Å². The zero-order chi connectivity index (χ0) is 37.3. The van der Waals surface area contributed by atoms with E-state index in [0.29, 0.717) is 38.7 Å². The second-order valence-corrected chi connectivity index (χ2v) is 15.4. The van der Waals surface area contributed by atoms with E-state index >= 15 is 8.78 Å². The molecule has 0 aliphatic heterocycles. The number of para-hydroxylation sites is 1. The maximum absolute atomic E-state index is 15.5. The molecule has 0 bridgehead atoms. The van der Waals surface area contributed by atoms with Crippen LogP contribution in [-0.4, -0.2) is 56.4 Å². The SMILES string of the molecule is CSc1cnc([C@H](Cc2cc(F)cc(F)c2)NC(=O)Cn2nc(C(F)F)c3c2C(F)(F)[C@@H]2CC[C@H]32)c(-c2cccc3c(NS(C)(=O)=O)nn(C)c23)n1. The Kier molecular flexibility index (Phi) is 8.99. The topological polar surface area (TPSA) is 137 Å². The van der Waals surface area contributed by atoms with Crippen molar-refractivity contribution in [3.05, 3.63) is 82.4 Å². The number of alkyl halides is 4. The molecule has 11 nitrogen and oxygen atoms in total. The molecule has 3 heterocycles. The van der Waals surface area contributed by atoms with Crippen LogP contribution in [0.3, 0.4) is 0 Å². The van der Waals surface area contributed by atoms with Gasteiger partial charge in [-0.3, -0.25) is 23.9 Å². The van der Waals surface area contributed by atoms with Gasteiger partial charge in [0.1, 0.15) is 34.6 Å². The highest BCUT2D eigenvalue weighted by molar-refractivity contribution is 7.98. The molecule has 2 aliphatic carbocycles. The summed E-state index contributed by atoms with van der Waals surface area (Å²) in [6.45, 7) is -0.860. The molecule has 2 N–H and O–H groups in total. The number of fused-ring (bicyclic) bond motifs is 4. The predicted molar refractivity (Wildman–Crippen MR) is 179 cm³/mol. The number of aryl methyl sites for hydroxylation is 1. The van der Waals surface area contributed by atoms with Gasteiger partial charge in [-0.15, -0.1) is 11.8 Å². The molecule has 7 rings (SSSR count). The third-order valence-corrected chi connectivity index (χ3v) is 10.5. The van der Waals surface area contributed by atoms with Gasteiger partial charge >= 0.3 is 0 Å². The molecule has 0 unspecified atom stereocenters. The first-order valence-corrected chi connectivity index (χ1v) is 19.0. The number of thioether (sulfide) groups is 1. The van der Waals surface area contributed by atoms with E-state index in [0.717, 1.165) is 18.4 Å². The highest BCUT2D eigenvalue weighted by Crippen LogP contribution is 2.63. The number of nitrogens with zero attached hydrogens (tertiary/aromatic N) is 6. The first-order valence-electron chi connectivity index (χ1n) is 15.9. The van der Waals surface area contributed by atoms with E-state index in [2.05, 4.69) is 25.2 Å². The number of hydrogen-bond donors (Lipinski definition) is 2. The monoisotopic (exact) mass is 764 g/mol. The number of benzene rings is 2. The van der Waals surface area contributed by atoms with Crippen molar-refractivity contribution in [1.29, 1.82) is 0 Å². The molecule has 2 aromatic carbocycles. The zero-order valence-corrected chi connectivity index (χ0v) is 29.3. The van der Waals surface area contributed by atoms with E-state index in [-0.39, 0.29) is 41.2 Å². The number of aromatic nitrogens is 6. The van der Waals surface area contributed by atoms with Gasteiger partial charge in [0.15, 0.2) is 5.82 Å². The summed E-state index contributed by atoms with van der Waals surface area (Å²) >= 11 is 1.25. The Bertz CT molecular complexity index is 2330. The molecule has 52 heavy (non-hydrogen) atoms. The van der Waals surface area contributed by atoms with Crippen LogP contribution < -0.4 is 10.0 Å². The van der Waals surface area contributed by atoms with Gasteiger partial charge in [-0.25, -0.2) is 31.0 Å². The minimum absolute atomic E-state index is 0.0395. The number of hydrogen-bond acceptors (Lipinski definition) is 8. The highest BCUT2D eigenvalue weighted by atomic mass is 32.2. The summed E-state index contributed by atoms with van der Waals surface area (Å²) in [5.74, 6) is -8.07. The van der Waals surface area contributed by atoms with Gasteiger partial charge in [-0.2, -0.15) is 19.0 Å². The lowest BCUT2D eigenvalue weighted by Gasteiger charge is -2.34. The third-order valence-electron chi connectivity index (χ3n) is 9.36. The molecule has 5 aromatic rings. The summed E-state index contributed by atoms with van der Waals surface area (Å²) in [4.78, 5) is 23.1. The average molecular weight is 765 g/mol. The summed E-state index contributed by atoms with van der Waals surface area (Å²) < 4.78 is 116. The molecule has 0 radical (unpaired) electrons. The van der Waals surface area contributed by atoms with Gasteiger partial charge in [0.25, 0.3) is 12.3 Å². The van der Waals surface area contributed by atoms with Crippen LogP contribution in [0.2, 0.25) is 0 Å². The Morgan fingerprint density at radius 1 is 1.10 bits per heavy atom. The summed E-state index contributed by atoms with van der Waals surface area (Å²) in [7, 11) is -2.14. The van der Waals surface area contributed by atoms with Crippen LogP contribution in [-0.2, 0) is 40.8 Å². The van der Waals surface area contributed by atoms with Crippen molar-refractivity contribution in [3.63, 3.8) is 0 Å². The Morgan fingerprint density at radius 3 is 2.46 bits per heavy atom. The number of carbonyl (C=O) groups excluding carboxylic acids is 1. The Labute approximate surface area is 297 Å². The molecule has 1 fully saturated rings. The molecule has 3 aromatic heterocycles. The van der Waals surface area contributed by atoms with Crippen LogP contribution >= 0.6 is 11.8 Å². The number of nitrogens with one attached hydrogen (secondary N) is 2. The Balaban J connectivity index is 1.33. The standard InChI is InChI=1S/C33H30F6N8O3S2/c1-46-29-19(5-4-6-20(29)32(44-46)45-52(3,49)50)26-27(40-13-24(42-26)51-2)22(11-15-9-16(34)12-17(35)10-15)41-23(48)14-47-30-25(28(43-47)31(36)37)18-7-8-21(18)33(30,38)39/h4-6,9-10,12-13,18,21-22,31H,7-8,11,14H2,1-3H3,(H,41,48)(H,44,45)/t18-,21+,22-/m0/s1. The number of sulfonamides is 1. The quantitative estimate of drug-likeness (QED) is 0.119. The van der Waals surface area contributed by atoms with Gasteiger partial charge in [-0.1, -0.05) is 12.1 Å². The molecule has 2 aliphatic rings. The van der Waals surface area contributed by atoms with E-state index < -0.39 is 75.7 Å². The third kappa shape index (κ3) is 6.37. The van der Waals surface area contributed by atoms with Gasteiger partial charge in [0, 0.05) is 35.5 Å². The number of carbonyl (C=O) groups is 1. The van der Waals surface area contributed by atoms with E-state index in [1.54, 1.807) is 31.5 Å². The lowest BCUT2D eigenvalue weighted by molar-refractivity contribution is -0.123. The number of rotatable bonds is 11. The van der Waals surface area contributed by atoms with Crippen molar-refractivity contribution < 1.29 is 39.6 Å². The minimum atomic E-state index is -3.72. The lowest BCUT2D eigenvalue weighted by atomic mass is 9.73. The van der Waals surface area contributed by atoms with Crippen LogP contribution in [0.15, 0.2) is 47.6 Å². The highest BCUT2D eigenvalue weighted by Gasteiger charge is 2.62. The zero-order valence-electron chi connectivity index (χ0n) is 27.7. The molecule has 1 amide bonds. The maximum atomic E-state index is 15.5. The first-order chi connectivity index (χ1) is 24.5. The Morgan fingerprint density at radius 2 is 1.83 bits per heavy atom. The second kappa shape index (κ2) is 13.1. The molecule has 3 atom stereocenters. The Hall–Kier alpha value is -4.65. The van der Waals surface area contributed by atoms with Crippen LogP contribution in [0, 0.1) is 17.6 Å². The number of halogens is 6. The summed E-state index contributed by atoms with van der Waals surface area (Å²) in [5, 5.41) is 11.6. The average Bonchev–Trinajstić information content (AvgIpc) is 3.60. The largest absolute Gasteiger partial charge is 0.346 e. The fourth-order valence-electron chi connectivity index (χ4n) is 7.21. The molecule has 0 saturated heterocycles. The smallest absolute Gasteiger partial charge is 0.293 e. The lowest BCUT2D eigenvalue weighted by Crippen LogP contribution is -2.36. The van der Waals surface area contributed by atoms with E-state index in [1.165, 1.54) is 22.6 Å². The van der Waals surface area contributed by atoms with Gasteiger partial charge in [0.05, 0.1) is 35.4 Å². The predicted octanol–water partition coefficient (Wildman–Crippen LogP) is 6.24. The summed E-state index contributed by atoms with van der Waals surface area (Å²) in [5.41, 5.74) is -0.485. The van der Waals surface area contributed by atoms with Gasteiger partial charge < -0.3 is 5.32 Å². The van der Waals surface area contributed by atoms with Crippen molar-refractivity contribution in [2.45, 2.75) is 55.1 Å². The molecular weight excluding hydrogens is 735 g/mol. The van der Waals surface area contributed by atoms with E-state index in [4.69, 9.17) is 4.98 Å². The van der Waals surface area contributed by atoms with Crippen molar-refractivity contribution >= 4 is 44.4 Å². The molecule has 274 valence electrons. The number of amides is 1. The van der Waals surface area contributed by atoms with E-state index in [9.17, 15) is 30.8 Å². The van der Waals surface area contributed by atoms with Crippen molar-refractivity contribution in [3.8, 4) is 11.3 Å². The minimum Gasteiger partial charge on any atom is -0.346 e. The first kappa shape index (κ1) is 35.7. The fraction of sp³-hybridized carbons (Fsp3) is 0.364. The van der Waals surface area contributed by atoms with Crippen molar-refractivity contribution in [2.24, 2.45) is 13.0 Å². The van der Waals surface area contributed by atoms with Gasteiger partial charge in [0.2, 0.25) is 15.9 Å². The van der Waals surface area contributed by atoms with Crippen molar-refractivity contribution in [2.75, 3.05) is 17.2 Å².